The number of aromatic nitrogens is 1. The Kier molecular flexibility index (Phi) is 1.73. The topological polar surface area (TPSA) is 46.3 Å². The lowest BCUT2D eigenvalue weighted by molar-refractivity contribution is 0.194. The molecule has 1 rings (SSSR count). The fourth-order valence-corrected chi connectivity index (χ4v) is 0.597. The number of aliphatic hydroxyl groups excluding tert-OH is 1. The Morgan fingerprint density at radius 2 is 2.56 bits per heavy atom. The van der Waals surface area contributed by atoms with E-state index in [2.05, 4.69) is 9.40 Å². The number of aliphatic hydroxyl groups is 1. The van der Waals surface area contributed by atoms with Crippen molar-refractivity contribution in [2.24, 2.45) is 0 Å². The molecule has 0 saturated heterocycles. The molecular formula is C5H6ClNO2. The maximum atomic E-state index is 8.86. The molecule has 1 unspecified atom stereocenters. The predicted octanol–water partition coefficient (Wildman–Crippen LogP) is 1.38. The number of hydrogen-bond acceptors (Lipinski definition) is 3. The second-order valence-electron chi connectivity index (χ2n) is 1.70. The minimum atomic E-state index is -0.610. The molecule has 0 bridgehead atoms. The van der Waals surface area contributed by atoms with Crippen LogP contribution in [0.4, 0.5) is 0 Å². The van der Waals surface area contributed by atoms with E-state index < -0.39 is 6.10 Å². The molecule has 3 nitrogen and oxygen atoms in total. The van der Waals surface area contributed by atoms with Crippen molar-refractivity contribution in [1.82, 2.24) is 4.98 Å². The summed E-state index contributed by atoms with van der Waals surface area (Å²) in [4.78, 5) is 3.66. The van der Waals surface area contributed by atoms with Crippen LogP contribution < -0.4 is 0 Å². The molecule has 0 aromatic carbocycles. The Bertz CT molecular complexity index is 197. The van der Waals surface area contributed by atoms with Crippen molar-refractivity contribution in [3.63, 3.8) is 0 Å². The highest BCUT2D eigenvalue weighted by atomic mass is 35.5. The number of hydrogen-bond donors (Lipinski definition) is 1. The smallest absolute Gasteiger partial charge is 0.292 e. The van der Waals surface area contributed by atoms with E-state index in [9.17, 15) is 0 Å². The SMILES string of the molecule is CC(O)c1coc(Cl)n1. The lowest BCUT2D eigenvalue weighted by Gasteiger charge is -1.92. The first-order valence-corrected chi connectivity index (χ1v) is 2.87. The van der Waals surface area contributed by atoms with Gasteiger partial charge < -0.3 is 9.52 Å². The maximum absolute atomic E-state index is 8.86. The van der Waals surface area contributed by atoms with E-state index in [0.29, 0.717) is 5.69 Å². The van der Waals surface area contributed by atoms with Crippen LogP contribution in [0.3, 0.4) is 0 Å². The highest BCUT2D eigenvalue weighted by molar-refractivity contribution is 6.27. The zero-order valence-electron chi connectivity index (χ0n) is 4.84. The number of nitrogens with zero attached hydrogens (tertiary/aromatic N) is 1. The van der Waals surface area contributed by atoms with E-state index in [4.69, 9.17) is 16.7 Å². The molecule has 4 heteroatoms. The van der Waals surface area contributed by atoms with Gasteiger partial charge in [-0.1, -0.05) is 0 Å². The molecule has 1 heterocycles. The average molecular weight is 148 g/mol. The van der Waals surface area contributed by atoms with Gasteiger partial charge in [0.2, 0.25) is 0 Å². The van der Waals surface area contributed by atoms with Gasteiger partial charge >= 0.3 is 0 Å². The fourth-order valence-electron chi connectivity index (χ4n) is 0.455. The molecule has 0 aliphatic rings. The van der Waals surface area contributed by atoms with Crippen molar-refractivity contribution in [1.29, 1.82) is 0 Å². The number of halogens is 1. The van der Waals surface area contributed by atoms with E-state index in [1.165, 1.54) is 6.26 Å². The molecule has 0 amide bonds. The van der Waals surface area contributed by atoms with E-state index in [1.807, 2.05) is 0 Å². The van der Waals surface area contributed by atoms with Crippen molar-refractivity contribution >= 4 is 11.6 Å². The molecule has 50 valence electrons. The summed E-state index contributed by atoms with van der Waals surface area (Å²) in [5.41, 5.74) is 0.458. The van der Waals surface area contributed by atoms with Crippen LogP contribution in [-0.4, -0.2) is 10.1 Å². The van der Waals surface area contributed by atoms with Gasteiger partial charge in [0.15, 0.2) is 0 Å². The summed E-state index contributed by atoms with van der Waals surface area (Å²) in [6, 6.07) is 0. The van der Waals surface area contributed by atoms with Crippen molar-refractivity contribution in [3.05, 3.63) is 17.3 Å². The Hall–Kier alpha value is -0.540. The molecule has 1 aromatic rings. The van der Waals surface area contributed by atoms with Gasteiger partial charge in [-0.05, 0) is 18.5 Å². The molecular weight excluding hydrogens is 142 g/mol. The molecule has 9 heavy (non-hydrogen) atoms. The second-order valence-corrected chi connectivity index (χ2v) is 2.02. The Morgan fingerprint density at radius 1 is 1.89 bits per heavy atom. The van der Waals surface area contributed by atoms with Gasteiger partial charge in [-0.15, -0.1) is 0 Å². The van der Waals surface area contributed by atoms with E-state index in [-0.39, 0.29) is 5.35 Å². The van der Waals surface area contributed by atoms with Crippen LogP contribution in [0.2, 0.25) is 5.35 Å². The van der Waals surface area contributed by atoms with Gasteiger partial charge in [0, 0.05) is 0 Å². The van der Waals surface area contributed by atoms with Gasteiger partial charge in [0.1, 0.15) is 12.0 Å². The first kappa shape index (κ1) is 6.58. The van der Waals surface area contributed by atoms with E-state index in [0.717, 1.165) is 0 Å². The Balaban J connectivity index is 2.85. The largest absolute Gasteiger partial charge is 0.436 e. The molecule has 1 N–H and O–H groups in total. The standard InChI is InChI=1S/C5H6ClNO2/c1-3(8)4-2-9-5(6)7-4/h2-3,8H,1H3. The summed E-state index contributed by atoms with van der Waals surface area (Å²) in [6.45, 7) is 1.59. The van der Waals surface area contributed by atoms with Gasteiger partial charge in [0.05, 0.1) is 6.10 Å². The summed E-state index contributed by atoms with van der Waals surface area (Å²) >= 11 is 5.32. The van der Waals surface area contributed by atoms with Gasteiger partial charge in [-0.25, -0.2) is 4.98 Å². The second kappa shape index (κ2) is 2.37. The highest BCUT2D eigenvalue weighted by Gasteiger charge is 2.05. The third-order valence-corrected chi connectivity index (χ3v) is 1.10. The molecule has 0 saturated carbocycles. The summed E-state index contributed by atoms with van der Waals surface area (Å²) in [6.07, 6.45) is 0.716. The summed E-state index contributed by atoms with van der Waals surface area (Å²) in [7, 11) is 0. The minimum Gasteiger partial charge on any atom is -0.436 e. The lowest BCUT2D eigenvalue weighted by atomic mass is 10.3. The lowest BCUT2D eigenvalue weighted by Crippen LogP contribution is -1.89. The third kappa shape index (κ3) is 1.43. The predicted molar refractivity (Wildman–Crippen MR) is 32.1 cm³/mol. The molecule has 0 aliphatic carbocycles. The van der Waals surface area contributed by atoms with Crippen LogP contribution in [0.15, 0.2) is 10.7 Å². The number of oxazole rings is 1. The molecule has 1 aromatic heterocycles. The Labute approximate surface area is 57.3 Å². The normalized spacial score (nSPS) is 13.7. The Morgan fingerprint density at radius 3 is 2.78 bits per heavy atom. The van der Waals surface area contributed by atoms with Crippen LogP contribution >= 0.6 is 11.6 Å². The van der Waals surface area contributed by atoms with Crippen LogP contribution in [-0.2, 0) is 0 Å². The average Bonchev–Trinajstić information content (AvgIpc) is 2.14. The zero-order valence-corrected chi connectivity index (χ0v) is 5.59. The van der Waals surface area contributed by atoms with Gasteiger partial charge in [-0.3, -0.25) is 0 Å². The van der Waals surface area contributed by atoms with Crippen LogP contribution in [0.1, 0.15) is 18.7 Å². The first-order chi connectivity index (χ1) is 4.20. The summed E-state index contributed by atoms with van der Waals surface area (Å²) < 4.78 is 4.62. The summed E-state index contributed by atoms with van der Waals surface area (Å²) in [5, 5.41) is 8.92. The monoisotopic (exact) mass is 147 g/mol. The maximum Gasteiger partial charge on any atom is 0.292 e. The van der Waals surface area contributed by atoms with Gasteiger partial charge in [-0.2, -0.15) is 0 Å². The van der Waals surface area contributed by atoms with E-state index in [1.54, 1.807) is 6.92 Å². The fraction of sp³-hybridized carbons (Fsp3) is 0.400. The van der Waals surface area contributed by atoms with Crippen molar-refractivity contribution in [3.8, 4) is 0 Å². The van der Waals surface area contributed by atoms with Crippen molar-refractivity contribution in [2.45, 2.75) is 13.0 Å². The van der Waals surface area contributed by atoms with E-state index >= 15 is 0 Å². The molecule has 0 spiro atoms. The number of rotatable bonds is 1. The minimum absolute atomic E-state index is 0.0610. The molecule has 0 fully saturated rings. The van der Waals surface area contributed by atoms with Crippen molar-refractivity contribution in [2.75, 3.05) is 0 Å². The molecule has 1 atom stereocenters. The van der Waals surface area contributed by atoms with Crippen molar-refractivity contribution < 1.29 is 9.52 Å². The van der Waals surface area contributed by atoms with Gasteiger partial charge in [0.25, 0.3) is 5.35 Å². The van der Waals surface area contributed by atoms with Crippen LogP contribution in [0.25, 0.3) is 0 Å². The molecule has 0 radical (unpaired) electrons. The molecule has 0 aliphatic heterocycles. The quantitative estimate of drug-likeness (QED) is 0.653. The highest BCUT2D eigenvalue weighted by Crippen LogP contribution is 2.13. The zero-order chi connectivity index (χ0) is 6.85. The van der Waals surface area contributed by atoms with Crippen LogP contribution in [0.5, 0.6) is 0 Å². The third-order valence-electron chi connectivity index (χ3n) is 0.922. The van der Waals surface area contributed by atoms with Crippen LogP contribution in [0, 0.1) is 0 Å². The summed E-state index contributed by atoms with van der Waals surface area (Å²) in [5.74, 6) is 0. The first-order valence-electron chi connectivity index (χ1n) is 2.49.